The van der Waals surface area contributed by atoms with Gasteiger partial charge in [0.15, 0.2) is 6.61 Å². The Kier molecular flexibility index (Phi) is 3.19. The molecule has 1 aliphatic carbocycles. The van der Waals surface area contributed by atoms with Crippen LogP contribution in [0.1, 0.15) is 17.9 Å². The van der Waals surface area contributed by atoms with E-state index < -0.39 is 24.7 Å². The zero-order valence-corrected chi connectivity index (χ0v) is 9.28. The van der Waals surface area contributed by atoms with Crippen molar-refractivity contribution in [2.75, 3.05) is 6.61 Å². The molecule has 1 fully saturated rings. The molecule has 0 heterocycles. The Morgan fingerprint density at radius 2 is 2.06 bits per heavy atom. The molecule has 0 amide bonds. The molecule has 6 heteroatoms. The summed E-state index contributed by atoms with van der Waals surface area (Å²) in [7, 11) is 0. The van der Waals surface area contributed by atoms with E-state index in [0.717, 1.165) is 0 Å². The highest BCUT2D eigenvalue weighted by molar-refractivity contribution is 5.75. The van der Waals surface area contributed by atoms with Gasteiger partial charge in [-0.15, -0.1) is 0 Å². The number of benzene rings is 1. The summed E-state index contributed by atoms with van der Waals surface area (Å²) in [6, 6.07) is 6.26. The van der Waals surface area contributed by atoms with Gasteiger partial charge in [0.05, 0.1) is 5.92 Å². The van der Waals surface area contributed by atoms with Gasteiger partial charge in [-0.3, -0.25) is 4.79 Å². The summed E-state index contributed by atoms with van der Waals surface area (Å²) in [4.78, 5) is 10.8. The highest BCUT2D eigenvalue weighted by Gasteiger charge is 2.45. The van der Waals surface area contributed by atoms with Gasteiger partial charge in [0, 0.05) is 5.92 Å². The van der Waals surface area contributed by atoms with E-state index in [0.29, 0.717) is 12.0 Å². The number of ether oxygens (including phenoxy) is 1. The quantitative estimate of drug-likeness (QED) is 0.905. The normalized spacial score (nSPS) is 22.6. The standard InChI is InChI=1S/C12H11F3O3/c13-12(14,15)6-18-10-4-2-1-3-7(10)8-5-9(8)11(16)17/h1-4,8-9H,5-6H2,(H,16,17)/t8-,9-/m1/s1. The number of carboxylic acid groups (broad SMARTS) is 1. The minimum Gasteiger partial charge on any atom is -0.484 e. The molecule has 2 atom stereocenters. The molecule has 1 aromatic rings. The van der Waals surface area contributed by atoms with Crippen LogP contribution >= 0.6 is 0 Å². The van der Waals surface area contributed by atoms with Gasteiger partial charge in [-0.1, -0.05) is 18.2 Å². The summed E-state index contributed by atoms with van der Waals surface area (Å²) in [6.07, 6.45) is -3.95. The van der Waals surface area contributed by atoms with E-state index in [9.17, 15) is 18.0 Å². The fourth-order valence-corrected chi connectivity index (χ4v) is 1.89. The summed E-state index contributed by atoms with van der Waals surface area (Å²) < 4.78 is 40.9. The summed E-state index contributed by atoms with van der Waals surface area (Å²) in [5.74, 6) is -1.57. The Hall–Kier alpha value is -1.72. The molecule has 0 unspecified atom stereocenters. The van der Waals surface area contributed by atoms with Gasteiger partial charge in [-0.05, 0) is 18.1 Å². The highest BCUT2D eigenvalue weighted by Crippen LogP contribution is 2.50. The third kappa shape index (κ3) is 2.94. The molecule has 0 saturated heterocycles. The van der Waals surface area contributed by atoms with Crippen LogP contribution in [-0.4, -0.2) is 23.9 Å². The number of carbonyl (C=O) groups is 1. The van der Waals surface area contributed by atoms with Crippen LogP contribution in [0.2, 0.25) is 0 Å². The molecular weight excluding hydrogens is 249 g/mol. The lowest BCUT2D eigenvalue weighted by Crippen LogP contribution is -2.19. The van der Waals surface area contributed by atoms with Gasteiger partial charge < -0.3 is 9.84 Å². The smallest absolute Gasteiger partial charge is 0.422 e. The van der Waals surface area contributed by atoms with Crippen molar-refractivity contribution in [3.8, 4) is 5.75 Å². The Bertz CT molecular complexity index is 456. The lowest BCUT2D eigenvalue weighted by molar-refractivity contribution is -0.153. The van der Waals surface area contributed by atoms with Crippen molar-refractivity contribution < 1.29 is 27.8 Å². The summed E-state index contributed by atoms with van der Waals surface area (Å²) in [5.41, 5.74) is 0.536. The van der Waals surface area contributed by atoms with Crippen molar-refractivity contribution in [3.63, 3.8) is 0 Å². The summed E-state index contributed by atoms with van der Waals surface area (Å²) >= 11 is 0. The van der Waals surface area contributed by atoms with E-state index in [2.05, 4.69) is 0 Å². The number of aliphatic carboxylic acids is 1. The number of hydrogen-bond acceptors (Lipinski definition) is 2. The average Bonchev–Trinajstić information content (AvgIpc) is 3.05. The van der Waals surface area contributed by atoms with Crippen molar-refractivity contribution in [2.45, 2.75) is 18.5 Å². The third-order valence-electron chi connectivity index (χ3n) is 2.82. The van der Waals surface area contributed by atoms with Crippen LogP contribution in [0.5, 0.6) is 5.75 Å². The fourth-order valence-electron chi connectivity index (χ4n) is 1.89. The Morgan fingerprint density at radius 1 is 1.39 bits per heavy atom. The van der Waals surface area contributed by atoms with Crippen LogP contribution in [-0.2, 0) is 4.79 Å². The van der Waals surface area contributed by atoms with E-state index in [-0.39, 0.29) is 11.7 Å². The first-order valence-corrected chi connectivity index (χ1v) is 5.40. The van der Waals surface area contributed by atoms with Crippen molar-refractivity contribution in [3.05, 3.63) is 29.8 Å². The average molecular weight is 260 g/mol. The number of carboxylic acids is 1. The van der Waals surface area contributed by atoms with E-state index in [1.807, 2.05) is 0 Å². The third-order valence-corrected chi connectivity index (χ3v) is 2.82. The van der Waals surface area contributed by atoms with Crippen LogP contribution in [0, 0.1) is 5.92 Å². The van der Waals surface area contributed by atoms with Gasteiger partial charge in [0.1, 0.15) is 5.75 Å². The summed E-state index contributed by atoms with van der Waals surface area (Å²) in [6.45, 7) is -1.37. The second kappa shape index (κ2) is 4.51. The van der Waals surface area contributed by atoms with Crippen molar-refractivity contribution >= 4 is 5.97 Å². The van der Waals surface area contributed by atoms with Crippen LogP contribution < -0.4 is 4.74 Å². The zero-order valence-electron chi connectivity index (χ0n) is 9.28. The Labute approximate surface area is 101 Å². The Balaban J connectivity index is 2.10. The van der Waals surface area contributed by atoms with Crippen LogP contribution in [0.3, 0.4) is 0 Å². The van der Waals surface area contributed by atoms with Gasteiger partial charge in [0.25, 0.3) is 0 Å². The maximum absolute atomic E-state index is 12.1. The first kappa shape index (κ1) is 12.7. The van der Waals surface area contributed by atoms with Gasteiger partial charge >= 0.3 is 12.1 Å². The van der Waals surface area contributed by atoms with Gasteiger partial charge in [-0.2, -0.15) is 13.2 Å². The minimum absolute atomic E-state index is 0.114. The maximum atomic E-state index is 12.1. The molecule has 0 spiro atoms. The van der Waals surface area contributed by atoms with E-state index in [1.165, 1.54) is 6.07 Å². The summed E-state index contributed by atoms with van der Waals surface area (Å²) in [5, 5.41) is 8.81. The minimum atomic E-state index is -4.40. The molecule has 18 heavy (non-hydrogen) atoms. The molecule has 1 N–H and O–H groups in total. The maximum Gasteiger partial charge on any atom is 0.422 e. The molecule has 0 bridgehead atoms. The fraction of sp³-hybridized carbons (Fsp3) is 0.417. The molecule has 3 nitrogen and oxygen atoms in total. The van der Waals surface area contributed by atoms with Crippen molar-refractivity contribution in [2.24, 2.45) is 5.92 Å². The van der Waals surface area contributed by atoms with E-state index >= 15 is 0 Å². The van der Waals surface area contributed by atoms with Gasteiger partial charge in [-0.25, -0.2) is 0 Å². The molecule has 98 valence electrons. The molecule has 1 aromatic carbocycles. The second-order valence-corrected chi connectivity index (χ2v) is 4.23. The lowest BCUT2D eigenvalue weighted by atomic mass is 10.1. The topological polar surface area (TPSA) is 46.5 Å². The molecule has 2 rings (SSSR count). The number of halogens is 3. The molecule has 0 radical (unpaired) electrons. The number of rotatable bonds is 4. The molecule has 1 aliphatic rings. The zero-order chi connectivity index (χ0) is 13.3. The highest BCUT2D eigenvalue weighted by atomic mass is 19.4. The van der Waals surface area contributed by atoms with Crippen molar-refractivity contribution in [1.82, 2.24) is 0 Å². The molecule has 1 saturated carbocycles. The van der Waals surface area contributed by atoms with Crippen LogP contribution in [0.4, 0.5) is 13.2 Å². The Morgan fingerprint density at radius 3 is 2.61 bits per heavy atom. The predicted molar refractivity (Wildman–Crippen MR) is 56.5 cm³/mol. The monoisotopic (exact) mass is 260 g/mol. The first-order valence-electron chi connectivity index (χ1n) is 5.40. The largest absolute Gasteiger partial charge is 0.484 e. The number of alkyl halides is 3. The van der Waals surface area contributed by atoms with E-state index in [1.54, 1.807) is 18.2 Å². The second-order valence-electron chi connectivity index (χ2n) is 4.23. The predicted octanol–water partition coefficient (Wildman–Crippen LogP) is 2.82. The lowest BCUT2D eigenvalue weighted by Gasteiger charge is -2.12. The van der Waals surface area contributed by atoms with Crippen LogP contribution in [0.15, 0.2) is 24.3 Å². The van der Waals surface area contributed by atoms with E-state index in [4.69, 9.17) is 9.84 Å². The molecular formula is C12H11F3O3. The van der Waals surface area contributed by atoms with Crippen molar-refractivity contribution in [1.29, 1.82) is 0 Å². The molecule has 0 aromatic heterocycles. The number of para-hydroxylation sites is 1. The SMILES string of the molecule is O=C(O)[C@@H]1C[C@@H]1c1ccccc1OCC(F)(F)F. The number of hydrogen-bond donors (Lipinski definition) is 1. The first-order chi connectivity index (χ1) is 8.38. The van der Waals surface area contributed by atoms with Crippen LogP contribution in [0.25, 0.3) is 0 Å². The van der Waals surface area contributed by atoms with Gasteiger partial charge in [0.2, 0.25) is 0 Å². The molecule has 0 aliphatic heterocycles.